The lowest BCUT2D eigenvalue weighted by Gasteiger charge is -2.19. The third kappa shape index (κ3) is 3.37. The number of rotatable bonds is 4. The van der Waals surface area contributed by atoms with Crippen LogP contribution in [-0.2, 0) is 19.6 Å². The topological polar surface area (TPSA) is 96.9 Å². The van der Waals surface area contributed by atoms with Crippen molar-refractivity contribution in [1.29, 1.82) is 0 Å². The first-order valence-corrected chi connectivity index (χ1v) is 9.03. The van der Waals surface area contributed by atoms with E-state index >= 15 is 0 Å². The van der Waals surface area contributed by atoms with Crippen molar-refractivity contribution in [1.82, 2.24) is 10.0 Å². The lowest BCUT2D eigenvalue weighted by molar-refractivity contribution is -0.121. The Labute approximate surface area is 135 Å². The fraction of sp³-hybridized carbons (Fsp3) is 0.467. The van der Waals surface area contributed by atoms with Gasteiger partial charge in [0, 0.05) is 12.2 Å². The van der Waals surface area contributed by atoms with E-state index in [1.165, 1.54) is 6.07 Å². The maximum Gasteiger partial charge on any atom is 0.263 e. The number of nitrogens with zero attached hydrogens (tertiary/aromatic N) is 1. The summed E-state index contributed by atoms with van der Waals surface area (Å²) in [5.74, 6) is -0.0513. The van der Waals surface area contributed by atoms with Gasteiger partial charge in [0.15, 0.2) is 0 Å². The Kier molecular flexibility index (Phi) is 4.36. The molecule has 2 N–H and O–H groups in total. The number of fused-ring (bicyclic) bond motifs is 1. The largest absolute Gasteiger partial charge is 0.376 e. The molecule has 1 amide bonds. The van der Waals surface area contributed by atoms with Gasteiger partial charge in [-0.25, -0.2) is 8.42 Å². The van der Waals surface area contributed by atoms with Crippen LogP contribution in [0.1, 0.15) is 25.3 Å². The van der Waals surface area contributed by atoms with Crippen LogP contribution < -0.4 is 10.0 Å². The normalized spacial score (nSPS) is 24.9. The average Bonchev–Trinajstić information content (AvgIpc) is 3.13. The molecule has 2 heterocycles. The molecule has 0 aliphatic carbocycles. The van der Waals surface area contributed by atoms with E-state index in [9.17, 15) is 13.2 Å². The molecule has 2 aliphatic heterocycles. The van der Waals surface area contributed by atoms with E-state index in [-0.39, 0.29) is 35.3 Å². The van der Waals surface area contributed by atoms with Gasteiger partial charge in [-0.3, -0.25) is 14.5 Å². The minimum atomic E-state index is -3.57. The van der Waals surface area contributed by atoms with Crippen LogP contribution in [0.15, 0.2) is 34.2 Å². The minimum Gasteiger partial charge on any atom is -0.376 e. The molecule has 2 aliphatic rings. The number of sulfonamides is 1. The Morgan fingerprint density at radius 2 is 2.26 bits per heavy atom. The summed E-state index contributed by atoms with van der Waals surface area (Å²) in [5.41, 5.74) is 0.493. The van der Waals surface area contributed by atoms with E-state index in [4.69, 9.17) is 4.74 Å². The molecule has 124 valence electrons. The summed E-state index contributed by atoms with van der Waals surface area (Å²) < 4.78 is 31.8. The Morgan fingerprint density at radius 3 is 3.00 bits per heavy atom. The fourth-order valence-corrected chi connectivity index (χ4v) is 4.04. The highest BCUT2D eigenvalue weighted by Gasteiger charge is 2.30. The van der Waals surface area contributed by atoms with Crippen LogP contribution in [0.4, 0.5) is 0 Å². The highest BCUT2D eigenvalue weighted by Crippen LogP contribution is 2.22. The first kappa shape index (κ1) is 15.9. The smallest absolute Gasteiger partial charge is 0.263 e. The molecule has 8 heteroatoms. The third-order valence-corrected chi connectivity index (χ3v) is 5.35. The van der Waals surface area contributed by atoms with Crippen LogP contribution in [0, 0.1) is 0 Å². The van der Waals surface area contributed by atoms with Gasteiger partial charge in [-0.05, 0) is 31.9 Å². The zero-order valence-corrected chi connectivity index (χ0v) is 13.6. The van der Waals surface area contributed by atoms with Crippen LogP contribution in [0.2, 0.25) is 0 Å². The fourth-order valence-electron chi connectivity index (χ4n) is 2.79. The molecule has 7 nitrogen and oxygen atoms in total. The van der Waals surface area contributed by atoms with Gasteiger partial charge in [-0.2, -0.15) is 0 Å². The predicted octanol–water partition coefficient (Wildman–Crippen LogP) is 0.409. The molecule has 0 bridgehead atoms. The second kappa shape index (κ2) is 6.29. The molecule has 2 atom stereocenters. The maximum absolute atomic E-state index is 12.0. The SMILES string of the molecule is C[C@H](NC(=O)CN=C1NS(=O)(=O)c2ccccc21)[C@@H]1CCCO1. The lowest BCUT2D eigenvalue weighted by Crippen LogP contribution is -2.42. The molecule has 1 aromatic carbocycles. The first-order chi connectivity index (χ1) is 11.0. The molecule has 0 unspecified atom stereocenters. The molecule has 0 spiro atoms. The summed E-state index contributed by atoms with van der Waals surface area (Å²) in [6.07, 6.45) is 1.98. The van der Waals surface area contributed by atoms with Crippen molar-refractivity contribution >= 4 is 21.8 Å². The number of benzene rings is 1. The standard InChI is InChI=1S/C15H19N3O4S/c1-10(12-6-4-8-22-12)17-14(19)9-16-15-11-5-2-3-7-13(11)23(20,21)18-15/h2-3,5,7,10,12H,4,6,8-9H2,1H3,(H,16,18)(H,17,19)/t10-,12-/m0/s1. The number of nitrogens with one attached hydrogen (secondary N) is 2. The Bertz CT molecular complexity index is 739. The molecular formula is C15H19N3O4S. The molecule has 0 radical (unpaired) electrons. The number of carbonyl (C=O) groups excluding carboxylic acids is 1. The van der Waals surface area contributed by atoms with Crippen molar-refractivity contribution in [3.8, 4) is 0 Å². The Morgan fingerprint density at radius 1 is 1.48 bits per heavy atom. The Hall–Kier alpha value is -1.93. The quantitative estimate of drug-likeness (QED) is 0.831. The van der Waals surface area contributed by atoms with Gasteiger partial charge in [-0.1, -0.05) is 12.1 Å². The third-order valence-electron chi connectivity index (χ3n) is 3.95. The first-order valence-electron chi connectivity index (χ1n) is 7.55. The molecule has 23 heavy (non-hydrogen) atoms. The predicted molar refractivity (Wildman–Crippen MR) is 84.7 cm³/mol. The number of aliphatic imine (C=N–C) groups is 1. The maximum atomic E-state index is 12.0. The summed E-state index contributed by atoms with van der Waals surface area (Å²) in [4.78, 5) is 16.3. The van der Waals surface area contributed by atoms with Crippen molar-refractivity contribution in [3.05, 3.63) is 29.8 Å². The number of hydrogen-bond donors (Lipinski definition) is 2. The number of amides is 1. The zero-order chi connectivity index (χ0) is 16.4. The van der Waals surface area contributed by atoms with Crippen LogP contribution in [0.5, 0.6) is 0 Å². The zero-order valence-electron chi connectivity index (χ0n) is 12.8. The summed E-state index contributed by atoms with van der Waals surface area (Å²) in [7, 11) is -3.57. The number of hydrogen-bond acceptors (Lipinski definition) is 5. The lowest BCUT2D eigenvalue weighted by atomic mass is 10.1. The average molecular weight is 337 g/mol. The van der Waals surface area contributed by atoms with Crippen molar-refractivity contribution in [2.75, 3.05) is 13.2 Å². The Balaban J connectivity index is 1.65. The number of amidine groups is 1. The summed E-state index contributed by atoms with van der Waals surface area (Å²) in [5, 5.41) is 2.84. The van der Waals surface area contributed by atoms with E-state index < -0.39 is 10.0 Å². The molecule has 0 saturated carbocycles. The van der Waals surface area contributed by atoms with E-state index in [1.54, 1.807) is 18.2 Å². The molecule has 0 aromatic heterocycles. The van der Waals surface area contributed by atoms with Crippen LogP contribution >= 0.6 is 0 Å². The van der Waals surface area contributed by atoms with E-state index in [0.717, 1.165) is 19.4 Å². The van der Waals surface area contributed by atoms with Crippen LogP contribution in [-0.4, -0.2) is 45.5 Å². The van der Waals surface area contributed by atoms with Crippen LogP contribution in [0.3, 0.4) is 0 Å². The van der Waals surface area contributed by atoms with Crippen molar-refractivity contribution in [2.24, 2.45) is 4.99 Å². The second-order valence-electron chi connectivity index (χ2n) is 5.67. The molecule has 1 fully saturated rings. The van der Waals surface area contributed by atoms with Gasteiger partial charge in [0.1, 0.15) is 12.4 Å². The van der Waals surface area contributed by atoms with E-state index in [0.29, 0.717) is 5.56 Å². The second-order valence-corrected chi connectivity index (χ2v) is 7.32. The highest BCUT2D eigenvalue weighted by molar-refractivity contribution is 7.90. The van der Waals surface area contributed by atoms with E-state index in [1.807, 2.05) is 6.92 Å². The molecule has 1 aromatic rings. The van der Waals surface area contributed by atoms with Gasteiger partial charge in [0.25, 0.3) is 10.0 Å². The monoisotopic (exact) mass is 337 g/mol. The summed E-state index contributed by atoms with van der Waals surface area (Å²) in [6, 6.07) is 6.48. The van der Waals surface area contributed by atoms with Crippen LogP contribution in [0.25, 0.3) is 0 Å². The molecular weight excluding hydrogens is 318 g/mol. The van der Waals surface area contributed by atoms with Gasteiger partial charge < -0.3 is 10.1 Å². The molecule has 1 saturated heterocycles. The van der Waals surface area contributed by atoms with Gasteiger partial charge in [0.2, 0.25) is 5.91 Å². The number of carbonyl (C=O) groups is 1. The summed E-state index contributed by atoms with van der Waals surface area (Å²) in [6.45, 7) is 2.49. The van der Waals surface area contributed by atoms with Gasteiger partial charge >= 0.3 is 0 Å². The van der Waals surface area contributed by atoms with E-state index in [2.05, 4.69) is 15.0 Å². The van der Waals surface area contributed by atoms with Crippen molar-refractivity contribution < 1.29 is 17.9 Å². The summed E-state index contributed by atoms with van der Waals surface area (Å²) >= 11 is 0. The molecule has 3 rings (SSSR count). The highest BCUT2D eigenvalue weighted by atomic mass is 32.2. The van der Waals surface area contributed by atoms with Gasteiger partial charge in [-0.15, -0.1) is 0 Å². The van der Waals surface area contributed by atoms with Crippen molar-refractivity contribution in [2.45, 2.75) is 36.8 Å². The van der Waals surface area contributed by atoms with Gasteiger partial charge in [0.05, 0.1) is 17.0 Å². The van der Waals surface area contributed by atoms with Crippen molar-refractivity contribution in [3.63, 3.8) is 0 Å². The minimum absolute atomic E-state index is 0.0392. The number of ether oxygens (including phenoxy) is 1.